The second kappa shape index (κ2) is 7.70. The molecule has 2 aromatic carbocycles. The van der Waals surface area contributed by atoms with E-state index in [0.717, 1.165) is 35.1 Å². The van der Waals surface area contributed by atoms with Gasteiger partial charge in [-0.1, -0.05) is 67.5 Å². The minimum atomic E-state index is -0.171. The molecule has 2 nitrogen and oxygen atoms in total. The van der Waals surface area contributed by atoms with E-state index >= 15 is 0 Å². The Morgan fingerprint density at radius 2 is 0.897 bits per heavy atom. The molecule has 2 aromatic rings. The summed E-state index contributed by atoms with van der Waals surface area (Å²) in [5.41, 5.74) is 6.30. The highest BCUT2D eigenvalue weighted by Crippen LogP contribution is 2.47. The molecule has 0 heterocycles. The molecule has 0 atom stereocenters. The molecule has 0 amide bonds. The van der Waals surface area contributed by atoms with Gasteiger partial charge in [0.05, 0.1) is 0 Å². The molecule has 2 N–H and O–H groups in total. The van der Waals surface area contributed by atoms with Gasteiger partial charge < -0.3 is 10.2 Å². The van der Waals surface area contributed by atoms with Crippen molar-refractivity contribution >= 4 is 0 Å². The van der Waals surface area contributed by atoms with Crippen LogP contribution in [0, 0.1) is 13.8 Å². The molecule has 0 aliphatic rings. The van der Waals surface area contributed by atoms with Gasteiger partial charge in [0.1, 0.15) is 11.5 Å². The fraction of sp³-hybridized carbons (Fsp3) is 0.556. The quantitative estimate of drug-likeness (QED) is 0.564. The van der Waals surface area contributed by atoms with Crippen LogP contribution in [0.3, 0.4) is 0 Å². The van der Waals surface area contributed by atoms with Crippen molar-refractivity contribution in [3.8, 4) is 11.5 Å². The summed E-state index contributed by atoms with van der Waals surface area (Å²) in [6, 6.07) is 8.30. The molecular weight excluding hydrogens is 356 g/mol. The Morgan fingerprint density at radius 3 is 1.14 bits per heavy atom. The zero-order valence-electron chi connectivity index (χ0n) is 20.1. The number of aromatic hydroxyl groups is 2. The first-order valence-corrected chi connectivity index (χ1v) is 10.9. The van der Waals surface area contributed by atoms with Crippen LogP contribution in [-0.2, 0) is 16.2 Å². The first-order valence-electron chi connectivity index (χ1n) is 10.9. The Hall–Kier alpha value is -1.96. The van der Waals surface area contributed by atoms with Crippen molar-refractivity contribution < 1.29 is 10.2 Å². The van der Waals surface area contributed by atoms with Gasteiger partial charge in [0.15, 0.2) is 0 Å². The van der Waals surface area contributed by atoms with Gasteiger partial charge in [-0.3, -0.25) is 0 Å². The average Bonchev–Trinajstić information content (AvgIpc) is 2.56. The van der Waals surface area contributed by atoms with Crippen LogP contribution in [0.5, 0.6) is 11.5 Å². The number of aryl methyl sites for hydroxylation is 2. The number of benzene rings is 2. The summed E-state index contributed by atoms with van der Waals surface area (Å²) in [6.45, 7) is 21.5. The molecule has 0 saturated carbocycles. The molecule has 2 rings (SSSR count). The summed E-state index contributed by atoms with van der Waals surface area (Å²) in [7, 11) is 0. The van der Waals surface area contributed by atoms with Gasteiger partial charge in [-0.15, -0.1) is 0 Å². The van der Waals surface area contributed by atoms with Crippen LogP contribution in [0.25, 0.3) is 0 Å². The Kier molecular flexibility index (Phi) is 6.19. The normalized spacial score (nSPS) is 13.0. The lowest BCUT2D eigenvalue weighted by Crippen LogP contribution is -2.30. The second-order valence-electron chi connectivity index (χ2n) is 10.7. The first kappa shape index (κ1) is 23.3. The maximum Gasteiger partial charge on any atom is 0.119 e. The molecule has 0 saturated heterocycles. The van der Waals surface area contributed by atoms with Crippen molar-refractivity contribution in [2.75, 3.05) is 0 Å². The molecule has 2 heteroatoms. The molecule has 160 valence electrons. The number of hydrogen-bond donors (Lipinski definition) is 2. The van der Waals surface area contributed by atoms with Crippen LogP contribution in [0.2, 0.25) is 0 Å². The lowest BCUT2D eigenvalue weighted by Gasteiger charge is -2.38. The summed E-state index contributed by atoms with van der Waals surface area (Å²) >= 11 is 0. The number of hydrogen-bond acceptors (Lipinski definition) is 2. The van der Waals surface area contributed by atoms with Crippen LogP contribution >= 0.6 is 0 Å². The highest BCUT2D eigenvalue weighted by Gasteiger charge is 2.36. The lowest BCUT2D eigenvalue weighted by molar-refractivity contribution is 0.432. The van der Waals surface area contributed by atoms with Crippen molar-refractivity contribution in [1.29, 1.82) is 0 Å². The largest absolute Gasteiger partial charge is 0.508 e. The second-order valence-corrected chi connectivity index (χ2v) is 10.7. The number of phenols is 2. The van der Waals surface area contributed by atoms with E-state index in [1.807, 2.05) is 12.1 Å². The van der Waals surface area contributed by atoms with Crippen LogP contribution in [0.1, 0.15) is 102 Å². The van der Waals surface area contributed by atoms with E-state index in [0.29, 0.717) is 11.5 Å². The zero-order chi connectivity index (χ0) is 22.4. The van der Waals surface area contributed by atoms with Gasteiger partial charge in [0.2, 0.25) is 0 Å². The lowest BCUT2D eigenvalue weighted by atomic mass is 9.66. The molecule has 0 fully saturated rings. The molecule has 0 radical (unpaired) electrons. The van der Waals surface area contributed by atoms with Gasteiger partial charge in [-0.25, -0.2) is 0 Å². The van der Waals surface area contributed by atoms with Gasteiger partial charge in [0.25, 0.3) is 0 Å². The number of rotatable bonds is 4. The highest BCUT2D eigenvalue weighted by molar-refractivity contribution is 5.55. The van der Waals surface area contributed by atoms with Gasteiger partial charge in [-0.2, -0.15) is 0 Å². The van der Waals surface area contributed by atoms with Crippen LogP contribution in [-0.4, -0.2) is 10.2 Å². The third-order valence-corrected chi connectivity index (χ3v) is 6.54. The summed E-state index contributed by atoms with van der Waals surface area (Å²) in [5, 5.41) is 21.3. The summed E-state index contributed by atoms with van der Waals surface area (Å²) in [6.07, 6.45) is 1.90. The number of phenolic OH excluding ortho intramolecular Hbond substituents is 2. The van der Waals surface area contributed by atoms with Crippen LogP contribution in [0.4, 0.5) is 0 Å². The maximum absolute atomic E-state index is 10.6. The summed E-state index contributed by atoms with van der Waals surface area (Å²) < 4.78 is 0. The highest BCUT2D eigenvalue weighted by atomic mass is 16.3. The van der Waals surface area contributed by atoms with E-state index in [4.69, 9.17) is 0 Å². The minimum absolute atomic E-state index is 0.139. The van der Waals surface area contributed by atoms with Crippen molar-refractivity contribution in [3.05, 3.63) is 57.6 Å². The molecule has 0 aliphatic carbocycles. The SMILES string of the molecule is CCC(CC)(c1cc(C(C)(C)C)c(O)cc1C)c1cc(C(C)(C)C)c(O)cc1C. The van der Waals surface area contributed by atoms with Crippen LogP contribution < -0.4 is 0 Å². The summed E-state index contributed by atoms with van der Waals surface area (Å²) in [4.78, 5) is 0. The fourth-order valence-corrected chi connectivity index (χ4v) is 4.77. The standard InChI is InChI=1S/C27H40O2/c1-11-27(12-2,19-15-21(25(5,6)7)23(28)13-17(19)3)20-16-22(26(8,9)10)24(29)14-18(20)4/h13-16,28-29H,11-12H2,1-10H3. The van der Waals surface area contributed by atoms with E-state index in [1.54, 1.807) is 0 Å². The Bertz CT molecular complexity index is 817. The van der Waals surface area contributed by atoms with Gasteiger partial charge in [0, 0.05) is 5.41 Å². The van der Waals surface area contributed by atoms with Crippen molar-refractivity contribution in [3.63, 3.8) is 0 Å². The smallest absolute Gasteiger partial charge is 0.119 e. The molecule has 0 aromatic heterocycles. The molecule has 0 unspecified atom stereocenters. The molecule has 29 heavy (non-hydrogen) atoms. The minimum Gasteiger partial charge on any atom is -0.508 e. The van der Waals surface area contributed by atoms with E-state index in [2.05, 4.69) is 81.4 Å². The molecule has 0 aliphatic heterocycles. The fourth-order valence-electron chi connectivity index (χ4n) is 4.77. The summed E-state index contributed by atoms with van der Waals surface area (Å²) in [5.74, 6) is 0.746. The van der Waals surface area contributed by atoms with Crippen molar-refractivity contribution in [2.45, 2.75) is 98.3 Å². The third-order valence-electron chi connectivity index (χ3n) is 6.54. The molecular formula is C27H40O2. The molecule has 0 spiro atoms. The Balaban J connectivity index is 2.91. The van der Waals surface area contributed by atoms with Crippen molar-refractivity contribution in [2.24, 2.45) is 0 Å². The Morgan fingerprint density at radius 1 is 0.586 bits per heavy atom. The molecule has 0 bridgehead atoms. The Labute approximate surface area is 178 Å². The average molecular weight is 397 g/mol. The third kappa shape index (κ3) is 4.17. The maximum atomic E-state index is 10.6. The van der Waals surface area contributed by atoms with Crippen molar-refractivity contribution in [1.82, 2.24) is 0 Å². The van der Waals surface area contributed by atoms with E-state index in [9.17, 15) is 10.2 Å². The predicted molar refractivity (Wildman–Crippen MR) is 124 cm³/mol. The van der Waals surface area contributed by atoms with Gasteiger partial charge >= 0.3 is 0 Å². The van der Waals surface area contributed by atoms with E-state index in [-0.39, 0.29) is 16.2 Å². The van der Waals surface area contributed by atoms with E-state index < -0.39 is 0 Å². The van der Waals surface area contributed by atoms with Gasteiger partial charge in [-0.05, 0) is 83.0 Å². The predicted octanol–water partition coefficient (Wildman–Crippen LogP) is 7.42. The van der Waals surface area contributed by atoms with E-state index in [1.165, 1.54) is 11.1 Å². The zero-order valence-corrected chi connectivity index (χ0v) is 20.1. The first-order chi connectivity index (χ1) is 13.2. The topological polar surface area (TPSA) is 40.5 Å². The van der Waals surface area contributed by atoms with Crippen LogP contribution in [0.15, 0.2) is 24.3 Å². The monoisotopic (exact) mass is 396 g/mol.